The van der Waals surface area contributed by atoms with Crippen molar-refractivity contribution in [2.24, 2.45) is 17.1 Å². The molecule has 1 nitrogen and oxygen atoms in total. The third-order valence-corrected chi connectivity index (χ3v) is 3.39. The minimum atomic E-state index is 0.272. The Kier molecular flexibility index (Phi) is 6.43. The van der Waals surface area contributed by atoms with Crippen LogP contribution in [0.2, 0.25) is 0 Å². The second-order valence-corrected chi connectivity index (χ2v) is 5.59. The van der Waals surface area contributed by atoms with Gasteiger partial charge in [-0.2, -0.15) is 0 Å². The molecule has 2 N–H and O–H groups in total. The molecular weight excluding hydrogens is 170 g/mol. The van der Waals surface area contributed by atoms with E-state index in [9.17, 15) is 0 Å². The van der Waals surface area contributed by atoms with Crippen LogP contribution in [0.4, 0.5) is 0 Å². The van der Waals surface area contributed by atoms with Crippen LogP contribution < -0.4 is 5.73 Å². The molecule has 1 atom stereocenters. The van der Waals surface area contributed by atoms with Crippen molar-refractivity contribution in [3.05, 3.63) is 0 Å². The highest BCUT2D eigenvalue weighted by Gasteiger charge is 2.19. The maximum absolute atomic E-state index is 6.12. The number of hydrogen-bond acceptors (Lipinski definition) is 1. The fourth-order valence-electron chi connectivity index (χ4n) is 1.76. The van der Waals surface area contributed by atoms with Crippen molar-refractivity contribution in [2.75, 3.05) is 0 Å². The molecule has 0 saturated carbocycles. The van der Waals surface area contributed by atoms with Gasteiger partial charge in [0.1, 0.15) is 0 Å². The summed E-state index contributed by atoms with van der Waals surface area (Å²) in [5.74, 6) is 0.919. The molecule has 1 heteroatoms. The number of rotatable bonds is 6. The van der Waals surface area contributed by atoms with E-state index in [1.165, 1.54) is 32.1 Å². The Hall–Kier alpha value is -0.0400. The molecule has 0 aliphatic rings. The molecule has 0 aromatic carbocycles. The summed E-state index contributed by atoms with van der Waals surface area (Å²) in [6, 6.07) is 0.358. The van der Waals surface area contributed by atoms with Crippen LogP contribution in [-0.4, -0.2) is 6.04 Å². The minimum Gasteiger partial charge on any atom is -0.327 e. The maximum Gasteiger partial charge on any atom is 0.00876 e. The Morgan fingerprint density at radius 3 is 1.86 bits per heavy atom. The van der Waals surface area contributed by atoms with Gasteiger partial charge in [-0.15, -0.1) is 0 Å². The lowest BCUT2D eigenvalue weighted by Gasteiger charge is -2.27. The van der Waals surface area contributed by atoms with E-state index in [1.807, 2.05) is 0 Å². The van der Waals surface area contributed by atoms with Crippen LogP contribution in [0, 0.1) is 11.3 Å². The highest BCUT2D eigenvalue weighted by molar-refractivity contribution is 4.76. The quantitative estimate of drug-likeness (QED) is 0.688. The first-order valence-corrected chi connectivity index (χ1v) is 6.17. The van der Waals surface area contributed by atoms with Gasteiger partial charge in [0, 0.05) is 6.04 Å². The first-order chi connectivity index (χ1) is 6.41. The topological polar surface area (TPSA) is 26.0 Å². The fraction of sp³-hybridized carbons (Fsp3) is 1.00. The largest absolute Gasteiger partial charge is 0.327 e. The van der Waals surface area contributed by atoms with Crippen LogP contribution >= 0.6 is 0 Å². The second-order valence-electron chi connectivity index (χ2n) is 5.59. The van der Waals surface area contributed by atoms with Gasteiger partial charge in [-0.3, -0.25) is 0 Å². The van der Waals surface area contributed by atoms with E-state index in [2.05, 4.69) is 34.6 Å². The SMILES string of the molecule is CCC(CC)CCCC(N)C(C)(C)C. The molecule has 0 fully saturated rings. The molecule has 0 aromatic rings. The third-order valence-electron chi connectivity index (χ3n) is 3.39. The maximum atomic E-state index is 6.12. The molecule has 14 heavy (non-hydrogen) atoms. The summed E-state index contributed by atoms with van der Waals surface area (Å²) in [7, 11) is 0. The van der Waals surface area contributed by atoms with Gasteiger partial charge < -0.3 is 5.73 Å². The van der Waals surface area contributed by atoms with E-state index < -0.39 is 0 Å². The summed E-state index contributed by atoms with van der Waals surface area (Å²) in [6.45, 7) is 11.3. The Morgan fingerprint density at radius 1 is 1.00 bits per heavy atom. The molecule has 0 radical (unpaired) electrons. The van der Waals surface area contributed by atoms with E-state index in [0.717, 1.165) is 5.92 Å². The van der Waals surface area contributed by atoms with Gasteiger partial charge in [-0.05, 0) is 17.8 Å². The van der Waals surface area contributed by atoms with E-state index in [-0.39, 0.29) is 5.41 Å². The molecule has 0 amide bonds. The van der Waals surface area contributed by atoms with Crippen molar-refractivity contribution in [1.82, 2.24) is 0 Å². The standard InChI is InChI=1S/C13H29N/c1-6-11(7-2)9-8-10-12(14)13(3,4)5/h11-12H,6-10,14H2,1-5H3. The van der Waals surface area contributed by atoms with E-state index in [0.29, 0.717) is 6.04 Å². The summed E-state index contributed by atoms with van der Waals surface area (Å²) in [6.07, 6.45) is 6.48. The summed E-state index contributed by atoms with van der Waals surface area (Å²) in [5.41, 5.74) is 6.39. The Bertz CT molecular complexity index is 131. The van der Waals surface area contributed by atoms with E-state index in [1.54, 1.807) is 0 Å². The Morgan fingerprint density at radius 2 is 1.50 bits per heavy atom. The van der Waals surface area contributed by atoms with Crippen molar-refractivity contribution in [3.8, 4) is 0 Å². The first kappa shape index (κ1) is 14.0. The third kappa shape index (κ3) is 5.64. The van der Waals surface area contributed by atoms with Gasteiger partial charge in [0.2, 0.25) is 0 Å². The smallest absolute Gasteiger partial charge is 0.00876 e. The molecule has 0 aliphatic heterocycles. The van der Waals surface area contributed by atoms with E-state index >= 15 is 0 Å². The molecule has 0 aliphatic carbocycles. The number of nitrogens with two attached hydrogens (primary N) is 1. The molecule has 86 valence electrons. The molecule has 0 rings (SSSR count). The minimum absolute atomic E-state index is 0.272. The van der Waals surface area contributed by atoms with Crippen LogP contribution in [0.5, 0.6) is 0 Å². The Balaban J connectivity index is 3.63. The van der Waals surface area contributed by atoms with Crippen molar-refractivity contribution < 1.29 is 0 Å². The zero-order chi connectivity index (χ0) is 11.2. The lowest BCUT2D eigenvalue weighted by Crippen LogP contribution is -2.34. The van der Waals surface area contributed by atoms with E-state index in [4.69, 9.17) is 5.73 Å². The average Bonchev–Trinajstić information content (AvgIpc) is 2.10. The first-order valence-electron chi connectivity index (χ1n) is 6.17. The predicted molar refractivity (Wildman–Crippen MR) is 65.4 cm³/mol. The van der Waals surface area contributed by atoms with Gasteiger partial charge in [0.25, 0.3) is 0 Å². The lowest BCUT2D eigenvalue weighted by molar-refractivity contribution is 0.290. The highest BCUT2D eigenvalue weighted by atomic mass is 14.7. The summed E-state index contributed by atoms with van der Waals surface area (Å²) in [5, 5.41) is 0. The van der Waals surface area contributed by atoms with Gasteiger partial charge in [-0.25, -0.2) is 0 Å². The normalized spacial score (nSPS) is 14.8. The summed E-state index contributed by atoms with van der Waals surface area (Å²) in [4.78, 5) is 0. The van der Waals surface area contributed by atoms with Gasteiger partial charge in [0.05, 0.1) is 0 Å². The molecule has 1 unspecified atom stereocenters. The monoisotopic (exact) mass is 199 g/mol. The number of hydrogen-bond donors (Lipinski definition) is 1. The second kappa shape index (κ2) is 6.44. The molecule has 0 bridgehead atoms. The highest BCUT2D eigenvalue weighted by Crippen LogP contribution is 2.23. The van der Waals surface area contributed by atoms with Crippen molar-refractivity contribution in [1.29, 1.82) is 0 Å². The van der Waals surface area contributed by atoms with Crippen LogP contribution in [0.25, 0.3) is 0 Å². The van der Waals surface area contributed by atoms with Crippen LogP contribution in [-0.2, 0) is 0 Å². The zero-order valence-corrected chi connectivity index (χ0v) is 10.8. The van der Waals surface area contributed by atoms with Gasteiger partial charge in [-0.1, -0.05) is 60.3 Å². The predicted octanol–water partition coefficient (Wildman–Crippen LogP) is 3.97. The van der Waals surface area contributed by atoms with Gasteiger partial charge in [0.15, 0.2) is 0 Å². The van der Waals surface area contributed by atoms with Crippen LogP contribution in [0.3, 0.4) is 0 Å². The van der Waals surface area contributed by atoms with Gasteiger partial charge >= 0.3 is 0 Å². The fourth-order valence-corrected chi connectivity index (χ4v) is 1.76. The summed E-state index contributed by atoms with van der Waals surface area (Å²) < 4.78 is 0. The molecular formula is C13H29N. The van der Waals surface area contributed by atoms with Crippen molar-refractivity contribution in [2.45, 2.75) is 72.8 Å². The molecule has 0 heterocycles. The Labute approximate surface area is 90.5 Å². The molecule has 0 aromatic heterocycles. The lowest BCUT2D eigenvalue weighted by atomic mass is 9.83. The van der Waals surface area contributed by atoms with Crippen LogP contribution in [0.1, 0.15) is 66.7 Å². The van der Waals surface area contributed by atoms with Crippen LogP contribution in [0.15, 0.2) is 0 Å². The molecule has 0 spiro atoms. The summed E-state index contributed by atoms with van der Waals surface area (Å²) >= 11 is 0. The zero-order valence-electron chi connectivity index (χ0n) is 10.8. The molecule has 0 saturated heterocycles. The van der Waals surface area contributed by atoms with Crippen molar-refractivity contribution >= 4 is 0 Å². The average molecular weight is 199 g/mol. The van der Waals surface area contributed by atoms with Crippen molar-refractivity contribution in [3.63, 3.8) is 0 Å².